The molecule has 4 aliphatic rings. The Morgan fingerprint density at radius 1 is 1.11 bits per heavy atom. The predicted octanol–water partition coefficient (Wildman–Crippen LogP) is 5.19. The molecule has 12 heteroatoms. The van der Waals surface area contributed by atoms with Gasteiger partial charge >= 0.3 is 0 Å². The van der Waals surface area contributed by atoms with Gasteiger partial charge in [0.15, 0.2) is 5.82 Å². The van der Waals surface area contributed by atoms with E-state index in [4.69, 9.17) is 20.4 Å². The molecule has 1 saturated heterocycles. The number of nitrogens with zero attached hydrogens (tertiary/aromatic N) is 5. The average molecular weight is 646 g/mol. The van der Waals surface area contributed by atoms with Crippen LogP contribution in [0.25, 0.3) is 33.6 Å². The molecule has 0 radical (unpaired) electrons. The summed E-state index contributed by atoms with van der Waals surface area (Å²) < 4.78 is 40.9. The lowest BCUT2D eigenvalue weighted by Gasteiger charge is -2.35. The highest BCUT2D eigenvalue weighted by Gasteiger charge is 2.59. The number of amides is 2. The van der Waals surface area contributed by atoms with Crippen LogP contribution in [0.2, 0.25) is 0 Å². The van der Waals surface area contributed by atoms with Crippen LogP contribution in [-0.4, -0.2) is 73.8 Å². The second-order valence-electron chi connectivity index (χ2n) is 14.0. The Bertz CT molecular complexity index is 1900. The van der Waals surface area contributed by atoms with E-state index in [2.05, 4.69) is 9.88 Å². The standard InChI is InChI=1S/C35H41F2N7O3/c1-19-26-9-6-20-16-28(43(31(20)40-26)12-5-3-4-11-35(37)17-23(35)33(45)39-19)32-41-27-15-21(14-24(36)30(27)44(32)22-7-8-22)34(46)42-13-10-29(47-2)25(38)18-42/h6,9,14-16,19,22-23,25,29H,3-5,7-8,10-13,17-18,38H2,1-2H3,(H,39,45)/t19-,23+,25+,29-,35+/m1/s1. The summed E-state index contributed by atoms with van der Waals surface area (Å²) in [5.41, 5.74) is 8.19. The number of benzene rings is 1. The highest BCUT2D eigenvalue weighted by molar-refractivity contribution is 5.98. The van der Waals surface area contributed by atoms with E-state index < -0.39 is 17.4 Å². The normalized spacial score (nSPS) is 28.4. The van der Waals surface area contributed by atoms with Crippen molar-refractivity contribution >= 4 is 33.9 Å². The first-order valence-electron chi connectivity index (χ1n) is 16.9. The van der Waals surface area contributed by atoms with Crippen LogP contribution in [0.1, 0.15) is 86.4 Å². The van der Waals surface area contributed by atoms with Gasteiger partial charge in [0, 0.05) is 49.8 Å². The monoisotopic (exact) mass is 645 g/mol. The van der Waals surface area contributed by atoms with Crippen LogP contribution in [0.5, 0.6) is 0 Å². The number of halogens is 2. The predicted molar refractivity (Wildman–Crippen MR) is 173 cm³/mol. The second-order valence-corrected chi connectivity index (χ2v) is 14.0. The summed E-state index contributed by atoms with van der Waals surface area (Å²) in [6.07, 6.45) is 5.29. The van der Waals surface area contributed by atoms with E-state index in [0.29, 0.717) is 61.4 Å². The van der Waals surface area contributed by atoms with Crippen molar-refractivity contribution in [2.75, 3.05) is 20.2 Å². The lowest BCUT2D eigenvalue weighted by Crippen LogP contribution is -2.53. The topological polar surface area (TPSA) is 120 Å². The minimum Gasteiger partial charge on any atom is -0.380 e. The van der Waals surface area contributed by atoms with E-state index in [1.807, 2.05) is 29.7 Å². The zero-order valence-electron chi connectivity index (χ0n) is 26.8. The molecule has 0 unspecified atom stereocenters. The third-order valence-corrected chi connectivity index (χ3v) is 10.7. The van der Waals surface area contributed by atoms with Crippen molar-refractivity contribution in [2.45, 2.75) is 94.7 Å². The van der Waals surface area contributed by atoms with Crippen molar-refractivity contribution in [3.05, 3.63) is 47.4 Å². The van der Waals surface area contributed by atoms with Gasteiger partial charge in [-0.3, -0.25) is 9.59 Å². The van der Waals surface area contributed by atoms with Crippen LogP contribution in [-0.2, 0) is 16.1 Å². The quantitative estimate of drug-likeness (QED) is 0.315. The molecular formula is C35H41F2N7O3. The van der Waals surface area contributed by atoms with Gasteiger partial charge in [-0.2, -0.15) is 0 Å². The number of piperidine rings is 1. The van der Waals surface area contributed by atoms with Crippen LogP contribution in [0.3, 0.4) is 0 Å². The fraction of sp³-hybridized carbons (Fsp3) is 0.543. The lowest BCUT2D eigenvalue weighted by molar-refractivity contribution is -0.124. The van der Waals surface area contributed by atoms with Gasteiger partial charge in [0.2, 0.25) is 5.91 Å². The molecule has 10 nitrogen and oxygen atoms in total. The van der Waals surface area contributed by atoms with Gasteiger partial charge in [-0.15, -0.1) is 0 Å². The molecule has 2 amide bonds. The van der Waals surface area contributed by atoms with Crippen molar-refractivity contribution < 1.29 is 23.1 Å². The molecule has 2 bridgehead atoms. The SMILES string of the molecule is CO[C@@H]1CCN(C(=O)c2cc(F)c3c(c2)nc(-c2cc4ccc5nc4n2CCCCC[C@]2(F)C[C@H]2C(=O)N[C@@H]5C)n3C2CC2)C[C@@H]1N. The van der Waals surface area contributed by atoms with Crippen molar-refractivity contribution in [3.63, 3.8) is 0 Å². The molecule has 2 saturated carbocycles. The number of imidazole rings is 1. The Morgan fingerprint density at radius 3 is 2.70 bits per heavy atom. The molecule has 8 rings (SSSR count). The first kappa shape index (κ1) is 30.4. The number of pyridine rings is 1. The van der Waals surface area contributed by atoms with Gasteiger partial charge in [0.05, 0.1) is 35.0 Å². The number of ether oxygens (including phenoxy) is 1. The fourth-order valence-electron chi connectivity index (χ4n) is 7.73. The second kappa shape index (κ2) is 11.4. The molecule has 2 aliphatic heterocycles. The number of likely N-dealkylation sites (tertiary alicyclic amines) is 1. The van der Waals surface area contributed by atoms with Gasteiger partial charge < -0.3 is 29.8 Å². The highest BCUT2D eigenvalue weighted by atomic mass is 19.1. The molecular weight excluding hydrogens is 604 g/mol. The zero-order valence-corrected chi connectivity index (χ0v) is 26.8. The van der Waals surface area contributed by atoms with Crippen molar-refractivity contribution in [1.82, 2.24) is 29.3 Å². The summed E-state index contributed by atoms with van der Waals surface area (Å²) in [4.78, 5) is 38.1. The summed E-state index contributed by atoms with van der Waals surface area (Å²) in [7, 11) is 1.62. The number of hydrogen-bond acceptors (Lipinski definition) is 6. The smallest absolute Gasteiger partial charge is 0.254 e. The van der Waals surface area contributed by atoms with Gasteiger partial charge in [-0.1, -0.05) is 12.8 Å². The molecule has 3 N–H and O–H groups in total. The number of nitrogens with two attached hydrogens (primary N) is 1. The van der Waals surface area contributed by atoms with E-state index >= 15 is 8.78 Å². The first-order chi connectivity index (χ1) is 22.6. The molecule has 3 aromatic heterocycles. The summed E-state index contributed by atoms with van der Waals surface area (Å²) in [5, 5.41) is 3.90. The number of methoxy groups -OCH3 is 1. The van der Waals surface area contributed by atoms with Gasteiger partial charge in [-0.25, -0.2) is 18.7 Å². The minimum absolute atomic E-state index is 0.104. The third kappa shape index (κ3) is 5.29. The fourth-order valence-corrected chi connectivity index (χ4v) is 7.73. The van der Waals surface area contributed by atoms with Gasteiger partial charge in [0.1, 0.15) is 22.6 Å². The zero-order chi connectivity index (χ0) is 32.6. The minimum atomic E-state index is -1.42. The van der Waals surface area contributed by atoms with Gasteiger partial charge in [0.25, 0.3) is 5.91 Å². The Kier molecular flexibility index (Phi) is 7.36. The van der Waals surface area contributed by atoms with Crippen LogP contribution in [0, 0.1) is 11.7 Å². The third-order valence-electron chi connectivity index (χ3n) is 10.7. The number of aryl methyl sites for hydroxylation is 1. The highest BCUT2D eigenvalue weighted by Crippen LogP contribution is 2.51. The Labute approximate surface area is 271 Å². The van der Waals surface area contributed by atoms with Crippen molar-refractivity contribution in [2.24, 2.45) is 11.7 Å². The molecule has 248 valence electrons. The van der Waals surface area contributed by atoms with E-state index in [9.17, 15) is 9.59 Å². The Morgan fingerprint density at radius 2 is 1.94 bits per heavy atom. The largest absolute Gasteiger partial charge is 0.380 e. The molecule has 5 heterocycles. The number of hydrogen-bond donors (Lipinski definition) is 2. The number of nitrogens with one attached hydrogen (secondary N) is 1. The molecule has 4 aromatic rings. The number of carbonyl (C=O) groups excluding carboxylic acids is 2. The summed E-state index contributed by atoms with van der Waals surface area (Å²) in [6.45, 7) is 3.33. The molecule has 5 atom stereocenters. The summed E-state index contributed by atoms with van der Waals surface area (Å²) in [6, 6.07) is 8.36. The van der Waals surface area contributed by atoms with E-state index in [-0.39, 0.29) is 48.0 Å². The van der Waals surface area contributed by atoms with E-state index in [1.54, 1.807) is 18.1 Å². The van der Waals surface area contributed by atoms with Crippen LogP contribution in [0.15, 0.2) is 30.3 Å². The molecule has 3 fully saturated rings. The maximum absolute atomic E-state index is 16.1. The number of alkyl halides is 1. The Hall–Kier alpha value is -3.90. The van der Waals surface area contributed by atoms with Crippen LogP contribution in [0.4, 0.5) is 8.78 Å². The maximum atomic E-state index is 16.1. The summed E-state index contributed by atoms with van der Waals surface area (Å²) >= 11 is 0. The number of aromatic nitrogens is 4. The van der Waals surface area contributed by atoms with Crippen molar-refractivity contribution in [3.8, 4) is 11.5 Å². The van der Waals surface area contributed by atoms with E-state index in [1.165, 1.54) is 6.07 Å². The molecule has 2 aliphatic carbocycles. The van der Waals surface area contributed by atoms with Crippen molar-refractivity contribution in [1.29, 1.82) is 0 Å². The van der Waals surface area contributed by atoms with Crippen LogP contribution < -0.4 is 11.1 Å². The Balaban J connectivity index is 1.20. The molecule has 47 heavy (non-hydrogen) atoms. The molecule has 0 spiro atoms. The van der Waals surface area contributed by atoms with Crippen LogP contribution >= 0.6 is 0 Å². The van der Waals surface area contributed by atoms with Gasteiger partial charge in [-0.05, 0) is 75.8 Å². The number of fused-ring (bicyclic) bond motifs is 3. The number of rotatable bonds is 4. The number of carbonyl (C=O) groups is 2. The molecule has 1 aromatic carbocycles. The van der Waals surface area contributed by atoms with E-state index in [0.717, 1.165) is 42.4 Å². The maximum Gasteiger partial charge on any atom is 0.254 e. The summed E-state index contributed by atoms with van der Waals surface area (Å²) in [5.74, 6) is -0.951. The average Bonchev–Trinajstić information content (AvgIpc) is 3.94. The first-order valence-corrected chi connectivity index (χ1v) is 16.9. The lowest BCUT2D eigenvalue weighted by atomic mass is 10.0.